The molecule has 8 bridgehead atoms. The van der Waals surface area contributed by atoms with Crippen molar-refractivity contribution in [3.63, 3.8) is 0 Å². The third kappa shape index (κ3) is 3.42. The smallest absolute Gasteiger partial charge is 0.311 e. The average molecular weight is 471 g/mol. The Morgan fingerprint density at radius 2 is 1.44 bits per heavy atom. The van der Waals surface area contributed by atoms with Crippen molar-refractivity contribution in [2.24, 2.45) is 76.9 Å². The molecule has 0 aromatic rings. The molecule has 8 fully saturated rings. The topological polar surface area (TPSA) is 61.8 Å². The highest BCUT2D eigenvalue weighted by atomic mass is 16.7. The highest BCUT2D eigenvalue weighted by Gasteiger charge is 2.66. The maximum atomic E-state index is 13.1. The predicted octanol–water partition coefficient (Wildman–Crippen LogP) is 5.07. The van der Waals surface area contributed by atoms with Gasteiger partial charge in [-0.1, -0.05) is 13.8 Å². The Bertz CT molecular complexity index is 808. The van der Waals surface area contributed by atoms with Gasteiger partial charge in [0.2, 0.25) is 0 Å². The lowest BCUT2D eigenvalue weighted by molar-refractivity contribution is -0.171. The Balaban J connectivity index is 0.918. The van der Waals surface area contributed by atoms with Crippen molar-refractivity contribution >= 4 is 11.9 Å². The summed E-state index contributed by atoms with van der Waals surface area (Å²) in [5.74, 6) is 7.75. The Kier molecular flexibility index (Phi) is 5.34. The summed E-state index contributed by atoms with van der Waals surface area (Å²) in [5.41, 5.74) is 0. The van der Waals surface area contributed by atoms with Gasteiger partial charge in [-0.05, 0) is 123 Å². The second-order valence-electron chi connectivity index (χ2n) is 13.7. The number of fused-ring (bicyclic) bond motifs is 9. The van der Waals surface area contributed by atoms with Crippen LogP contribution in [0.3, 0.4) is 0 Å². The lowest BCUT2D eigenvalue weighted by Gasteiger charge is -2.54. The zero-order chi connectivity index (χ0) is 23.1. The van der Waals surface area contributed by atoms with Gasteiger partial charge >= 0.3 is 11.9 Å². The van der Waals surface area contributed by atoms with E-state index in [0.29, 0.717) is 35.5 Å². The molecule has 8 aliphatic rings. The number of hydrogen-bond acceptors (Lipinski definition) is 5. The third-order valence-electron chi connectivity index (χ3n) is 11.8. The van der Waals surface area contributed by atoms with Crippen LogP contribution in [0.5, 0.6) is 0 Å². The molecule has 5 heteroatoms. The zero-order valence-corrected chi connectivity index (χ0v) is 20.9. The van der Waals surface area contributed by atoms with E-state index in [-0.39, 0.29) is 36.7 Å². The number of rotatable bonds is 7. The minimum atomic E-state index is -0.0726. The van der Waals surface area contributed by atoms with Crippen LogP contribution in [0, 0.1) is 76.9 Å². The minimum absolute atomic E-state index is 0.0248. The maximum Gasteiger partial charge on any atom is 0.311 e. The van der Waals surface area contributed by atoms with Crippen LogP contribution in [0.2, 0.25) is 0 Å². The Morgan fingerprint density at radius 1 is 0.765 bits per heavy atom. The first kappa shape index (κ1) is 22.1. The fraction of sp³-hybridized carbons (Fsp3) is 0.931. The first-order chi connectivity index (χ1) is 16.5. The molecule has 0 saturated heterocycles. The summed E-state index contributed by atoms with van der Waals surface area (Å²) >= 11 is 0. The van der Waals surface area contributed by atoms with Crippen molar-refractivity contribution in [2.45, 2.75) is 77.7 Å². The van der Waals surface area contributed by atoms with Gasteiger partial charge in [0.15, 0.2) is 6.79 Å². The van der Waals surface area contributed by atoms with E-state index in [1.54, 1.807) is 0 Å². The van der Waals surface area contributed by atoms with Crippen LogP contribution in [0.25, 0.3) is 0 Å². The van der Waals surface area contributed by atoms with Gasteiger partial charge in [0.05, 0.1) is 18.4 Å². The summed E-state index contributed by atoms with van der Waals surface area (Å²) in [6.07, 6.45) is 11.6. The van der Waals surface area contributed by atoms with Crippen LogP contribution in [-0.2, 0) is 23.8 Å². The van der Waals surface area contributed by atoms with E-state index in [1.165, 1.54) is 44.9 Å². The molecule has 0 amide bonds. The van der Waals surface area contributed by atoms with Gasteiger partial charge in [-0.2, -0.15) is 0 Å². The van der Waals surface area contributed by atoms with Crippen LogP contribution in [0.1, 0.15) is 71.6 Å². The molecule has 8 saturated carbocycles. The molecule has 0 aromatic heterocycles. The van der Waals surface area contributed by atoms with E-state index in [9.17, 15) is 9.59 Å². The maximum absolute atomic E-state index is 13.1. The van der Waals surface area contributed by atoms with E-state index in [0.717, 1.165) is 49.0 Å². The molecule has 8 aliphatic carbocycles. The molecule has 0 radical (unpaired) electrons. The summed E-state index contributed by atoms with van der Waals surface area (Å²) in [4.78, 5) is 25.3. The molecule has 34 heavy (non-hydrogen) atoms. The monoisotopic (exact) mass is 470 g/mol. The van der Waals surface area contributed by atoms with E-state index in [4.69, 9.17) is 14.2 Å². The number of carbonyl (C=O) groups is 2. The van der Waals surface area contributed by atoms with Crippen molar-refractivity contribution in [1.29, 1.82) is 0 Å². The van der Waals surface area contributed by atoms with Gasteiger partial charge < -0.3 is 14.2 Å². The van der Waals surface area contributed by atoms with E-state index >= 15 is 0 Å². The molecule has 8 atom stereocenters. The number of esters is 2. The zero-order valence-electron chi connectivity index (χ0n) is 20.9. The highest BCUT2D eigenvalue weighted by Crippen LogP contribution is 2.69. The first-order valence-corrected chi connectivity index (χ1v) is 14.4. The summed E-state index contributed by atoms with van der Waals surface area (Å²) in [5, 5.41) is 0. The molecule has 0 N–H and O–H groups in total. The number of carbonyl (C=O) groups excluding carboxylic acids is 2. The van der Waals surface area contributed by atoms with Crippen molar-refractivity contribution < 1.29 is 23.8 Å². The van der Waals surface area contributed by atoms with E-state index < -0.39 is 0 Å². The molecule has 0 heterocycles. The van der Waals surface area contributed by atoms with E-state index in [1.807, 2.05) is 13.8 Å². The van der Waals surface area contributed by atoms with Crippen LogP contribution >= 0.6 is 0 Å². The number of hydrogen-bond donors (Lipinski definition) is 0. The molecule has 0 aromatic carbocycles. The lowest BCUT2D eigenvalue weighted by Crippen LogP contribution is -2.46. The normalized spacial score (nSPS) is 51.3. The molecule has 5 nitrogen and oxygen atoms in total. The highest BCUT2D eigenvalue weighted by molar-refractivity contribution is 5.73. The van der Waals surface area contributed by atoms with Crippen molar-refractivity contribution in [3.8, 4) is 0 Å². The molecule has 8 rings (SSSR count). The fourth-order valence-electron chi connectivity index (χ4n) is 10.9. The Labute approximate surface area is 204 Å². The molecule has 8 unspecified atom stereocenters. The average Bonchev–Trinajstić information content (AvgIpc) is 3.56. The van der Waals surface area contributed by atoms with Gasteiger partial charge in [0.1, 0.15) is 6.10 Å². The van der Waals surface area contributed by atoms with Gasteiger partial charge in [-0.15, -0.1) is 0 Å². The molecule has 0 aliphatic heterocycles. The van der Waals surface area contributed by atoms with E-state index in [2.05, 4.69) is 0 Å². The lowest BCUT2D eigenvalue weighted by atomic mass is 9.52. The Hall–Kier alpha value is -1.10. The molecular weight excluding hydrogens is 428 g/mol. The van der Waals surface area contributed by atoms with Gasteiger partial charge in [-0.3, -0.25) is 9.59 Å². The summed E-state index contributed by atoms with van der Waals surface area (Å²) < 4.78 is 17.6. The SMILES string of the molecule is CC(C)C(=O)OC1CC2CC1C1C3CC(CC3C(=O)OCOCC3C4CC5CC(C4)CC3C5)C21. The summed E-state index contributed by atoms with van der Waals surface area (Å²) in [6, 6.07) is 0. The van der Waals surface area contributed by atoms with Gasteiger partial charge in [-0.25, -0.2) is 0 Å². The van der Waals surface area contributed by atoms with Crippen molar-refractivity contribution in [2.75, 3.05) is 13.4 Å². The van der Waals surface area contributed by atoms with Gasteiger partial charge in [0.25, 0.3) is 0 Å². The largest absolute Gasteiger partial charge is 0.462 e. The Morgan fingerprint density at radius 3 is 2.15 bits per heavy atom. The minimum Gasteiger partial charge on any atom is -0.462 e. The molecule has 0 spiro atoms. The standard InChI is InChI=1S/C29H42O5/c1-14(2)28(30)34-25-11-20-10-23(25)27-21-8-19(26(20)27)9-22(21)29(31)33-13-32-12-24-17-4-15-3-16(6-17)7-18(24)5-15/h14-27H,3-13H2,1-2H3. The summed E-state index contributed by atoms with van der Waals surface area (Å²) in [6.45, 7) is 4.72. The second-order valence-corrected chi connectivity index (χ2v) is 13.7. The van der Waals surface area contributed by atoms with Crippen LogP contribution in [0.4, 0.5) is 0 Å². The van der Waals surface area contributed by atoms with Crippen LogP contribution < -0.4 is 0 Å². The quantitative estimate of drug-likeness (QED) is 0.225. The van der Waals surface area contributed by atoms with Crippen molar-refractivity contribution in [1.82, 2.24) is 0 Å². The summed E-state index contributed by atoms with van der Waals surface area (Å²) in [7, 11) is 0. The number of ether oxygens (including phenoxy) is 3. The fourth-order valence-corrected chi connectivity index (χ4v) is 10.9. The van der Waals surface area contributed by atoms with Crippen LogP contribution in [-0.4, -0.2) is 31.4 Å². The molecule has 188 valence electrons. The van der Waals surface area contributed by atoms with Gasteiger partial charge in [0, 0.05) is 0 Å². The predicted molar refractivity (Wildman–Crippen MR) is 125 cm³/mol. The third-order valence-corrected chi connectivity index (χ3v) is 11.8. The van der Waals surface area contributed by atoms with Crippen molar-refractivity contribution in [3.05, 3.63) is 0 Å². The molecular formula is C29H42O5. The second kappa shape index (κ2) is 8.21. The van der Waals surface area contributed by atoms with Crippen LogP contribution in [0.15, 0.2) is 0 Å². The first-order valence-electron chi connectivity index (χ1n) is 14.4.